The van der Waals surface area contributed by atoms with E-state index in [0.29, 0.717) is 12.3 Å². The van der Waals surface area contributed by atoms with Gasteiger partial charge < -0.3 is 5.11 Å². The van der Waals surface area contributed by atoms with E-state index in [1.807, 2.05) is 5.32 Å². The number of carbonyl (C=O) groups excluding carboxylic acids is 1. The Kier molecular flexibility index (Phi) is 5.93. The van der Waals surface area contributed by atoms with E-state index in [1.54, 1.807) is 0 Å². The van der Waals surface area contributed by atoms with Crippen LogP contribution in [0.3, 0.4) is 0 Å². The molecule has 0 bridgehead atoms. The molecular formula is C9H17NO3. The fourth-order valence-corrected chi connectivity index (χ4v) is 1.20. The molecule has 13 heavy (non-hydrogen) atoms. The van der Waals surface area contributed by atoms with Crippen LogP contribution in [0.4, 0.5) is 4.79 Å². The van der Waals surface area contributed by atoms with Crippen LogP contribution in [0.5, 0.6) is 0 Å². The highest BCUT2D eigenvalue weighted by molar-refractivity contribution is 5.90. The van der Waals surface area contributed by atoms with Crippen molar-refractivity contribution in [2.24, 2.45) is 5.92 Å². The second-order valence-corrected chi connectivity index (χ2v) is 3.29. The molecule has 2 N–H and O–H groups in total. The third-order valence-corrected chi connectivity index (χ3v) is 1.89. The summed E-state index contributed by atoms with van der Waals surface area (Å²) in [5.41, 5.74) is 0. The normalized spacial score (nSPS) is 12.2. The van der Waals surface area contributed by atoms with E-state index in [0.717, 1.165) is 19.3 Å². The van der Waals surface area contributed by atoms with Crippen LogP contribution in [-0.2, 0) is 4.79 Å². The lowest BCUT2D eigenvalue weighted by Crippen LogP contribution is -2.28. The van der Waals surface area contributed by atoms with Gasteiger partial charge in [-0.25, -0.2) is 4.79 Å². The molecule has 4 nitrogen and oxygen atoms in total. The molecule has 2 amide bonds. The smallest absolute Gasteiger partial charge is 0.411 e. The highest BCUT2D eigenvalue weighted by Crippen LogP contribution is 2.11. The first-order valence-corrected chi connectivity index (χ1v) is 4.59. The first-order valence-electron chi connectivity index (χ1n) is 4.59. The zero-order valence-corrected chi connectivity index (χ0v) is 8.17. The maximum Gasteiger partial charge on any atom is 0.411 e. The van der Waals surface area contributed by atoms with Crippen LogP contribution in [0.25, 0.3) is 0 Å². The highest BCUT2D eigenvalue weighted by Gasteiger charge is 2.07. The van der Waals surface area contributed by atoms with Gasteiger partial charge in [0.25, 0.3) is 0 Å². The number of amides is 2. The molecule has 0 saturated carbocycles. The Morgan fingerprint density at radius 1 is 1.38 bits per heavy atom. The summed E-state index contributed by atoms with van der Waals surface area (Å²) in [7, 11) is 0. The van der Waals surface area contributed by atoms with Crippen molar-refractivity contribution in [2.75, 3.05) is 0 Å². The SMILES string of the molecule is CCC[C@@H](C)CCC(=O)NC(=O)O. The molecule has 1 atom stereocenters. The number of carbonyl (C=O) groups is 2. The molecule has 76 valence electrons. The second kappa shape index (κ2) is 6.46. The summed E-state index contributed by atoms with van der Waals surface area (Å²) in [5, 5.41) is 10.0. The Bertz CT molecular complexity index is 180. The summed E-state index contributed by atoms with van der Waals surface area (Å²) in [6.45, 7) is 4.16. The largest absolute Gasteiger partial charge is 0.465 e. The molecule has 0 fully saturated rings. The lowest BCUT2D eigenvalue weighted by Gasteiger charge is -2.08. The number of carboxylic acid groups (broad SMARTS) is 1. The third kappa shape index (κ3) is 7.31. The van der Waals surface area contributed by atoms with Crippen molar-refractivity contribution in [3.05, 3.63) is 0 Å². The van der Waals surface area contributed by atoms with Crippen molar-refractivity contribution in [3.63, 3.8) is 0 Å². The number of imide groups is 1. The molecule has 0 spiro atoms. The molecule has 0 aliphatic carbocycles. The first-order chi connectivity index (χ1) is 6.06. The monoisotopic (exact) mass is 187 g/mol. The minimum Gasteiger partial charge on any atom is -0.465 e. The van der Waals surface area contributed by atoms with Gasteiger partial charge in [0, 0.05) is 6.42 Å². The van der Waals surface area contributed by atoms with Crippen LogP contribution in [0, 0.1) is 5.92 Å². The van der Waals surface area contributed by atoms with Gasteiger partial charge in [-0.2, -0.15) is 0 Å². The Balaban J connectivity index is 3.51. The van der Waals surface area contributed by atoms with Gasteiger partial charge in [0.05, 0.1) is 0 Å². The average molecular weight is 187 g/mol. The number of hydrogen-bond acceptors (Lipinski definition) is 2. The van der Waals surface area contributed by atoms with Crippen molar-refractivity contribution in [3.8, 4) is 0 Å². The zero-order chi connectivity index (χ0) is 10.3. The molecule has 0 heterocycles. The van der Waals surface area contributed by atoms with Gasteiger partial charge in [0.15, 0.2) is 0 Å². The predicted octanol–water partition coefficient (Wildman–Crippen LogP) is 2.00. The minimum atomic E-state index is -1.27. The molecule has 0 unspecified atom stereocenters. The van der Waals surface area contributed by atoms with Crippen LogP contribution in [0.15, 0.2) is 0 Å². The van der Waals surface area contributed by atoms with Crippen LogP contribution < -0.4 is 5.32 Å². The molecule has 4 heteroatoms. The first kappa shape index (κ1) is 11.9. The standard InChI is InChI=1S/C9H17NO3/c1-3-4-7(2)5-6-8(11)10-9(12)13/h7H,3-6H2,1-2H3,(H,10,11)(H,12,13)/t7-/m1/s1. The summed E-state index contributed by atoms with van der Waals surface area (Å²) >= 11 is 0. The van der Waals surface area contributed by atoms with Crippen molar-refractivity contribution in [1.82, 2.24) is 5.32 Å². The Hall–Kier alpha value is -1.06. The number of hydrogen-bond donors (Lipinski definition) is 2. The van der Waals surface area contributed by atoms with Gasteiger partial charge in [-0.1, -0.05) is 26.7 Å². The Morgan fingerprint density at radius 2 is 2.00 bits per heavy atom. The van der Waals surface area contributed by atoms with Crippen LogP contribution in [0.2, 0.25) is 0 Å². The maximum atomic E-state index is 10.9. The van der Waals surface area contributed by atoms with Gasteiger partial charge in [0.2, 0.25) is 5.91 Å². The zero-order valence-electron chi connectivity index (χ0n) is 8.17. The predicted molar refractivity (Wildman–Crippen MR) is 49.5 cm³/mol. The van der Waals surface area contributed by atoms with Gasteiger partial charge in [0.1, 0.15) is 0 Å². The molecule has 0 saturated heterocycles. The van der Waals surface area contributed by atoms with Gasteiger partial charge in [-0.15, -0.1) is 0 Å². The maximum absolute atomic E-state index is 10.9. The van der Waals surface area contributed by atoms with E-state index in [1.165, 1.54) is 0 Å². The lowest BCUT2D eigenvalue weighted by molar-refractivity contribution is -0.120. The molecule has 0 aromatic rings. The van der Waals surface area contributed by atoms with E-state index >= 15 is 0 Å². The molecule has 0 aliphatic rings. The molecule has 0 radical (unpaired) electrons. The summed E-state index contributed by atoms with van der Waals surface area (Å²) in [6.07, 6.45) is 1.97. The van der Waals surface area contributed by atoms with Crippen molar-refractivity contribution in [2.45, 2.75) is 39.5 Å². The van der Waals surface area contributed by atoms with Crippen molar-refractivity contribution < 1.29 is 14.7 Å². The lowest BCUT2D eigenvalue weighted by atomic mass is 10.0. The fourth-order valence-electron chi connectivity index (χ4n) is 1.20. The Labute approximate surface area is 78.3 Å². The molecule has 0 aromatic heterocycles. The summed E-state index contributed by atoms with van der Waals surface area (Å²) in [5.74, 6) is 0.0833. The summed E-state index contributed by atoms with van der Waals surface area (Å²) in [6, 6.07) is 0. The van der Waals surface area contributed by atoms with Crippen LogP contribution in [-0.4, -0.2) is 17.1 Å². The highest BCUT2D eigenvalue weighted by atomic mass is 16.4. The van der Waals surface area contributed by atoms with E-state index in [4.69, 9.17) is 5.11 Å². The molecule has 0 aliphatic heterocycles. The molecule has 0 aromatic carbocycles. The minimum absolute atomic E-state index is 0.299. The van der Waals surface area contributed by atoms with E-state index in [2.05, 4.69) is 13.8 Å². The number of rotatable bonds is 5. The molecular weight excluding hydrogens is 170 g/mol. The summed E-state index contributed by atoms with van der Waals surface area (Å²) < 4.78 is 0. The van der Waals surface area contributed by atoms with Gasteiger partial charge >= 0.3 is 6.09 Å². The fraction of sp³-hybridized carbons (Fsp3) is 0.778. The molecule has 0 rings (SSSR count). The average Bonchev–Trinajstić information content (AvgIpc) is 2.00. The third-order valence-electron chi connectivity index (χ3n) is 1.89. The second-order valence-electron chi connectivity index (χ2n) is 3.29. The Morgan fingerprint density at radius 3 is 2.46 bits per heavy atom. The van der Waals surface area contributed by atoms with Crippen molar-refractivity contribution in [1.29, 1.82) is 0 Å². The van der Waals surface area contributed by atoms with E-state index < -0.39 is 12.0 Å². The van der Waals surface area contributed by atoms with Crippen molar-refractivity contribution >= 4 is 12.0 Å². The van der Waals surface area contributed by atoms with E-state index in [-0.39, 0.29) is 0 Å². The van der Waals surface area contributed by atoms with Gasteiger partial charge in [-0.05, 0) is 12.3 Å². The number of nitrogens with one attached hydrogen (secondary N) is 1. The van der Waals surface area contributed by atoms with Crippen LogP contribution in [0.1, 0.15) is 39.5 Å². The van der Waals surface area contributed by atoms with Crippen LogP contribution >= 0.6 is 0 Å². The quantitative estimate of drug-likeness (QED) is 0.691. The topological polar surface area (TPSA) is 66.4 Å². The summed E-state index contributed by atoms with van der Waals surface area (Å²) in [4.78, 5) is 20.9. The van der Waals surface area contributed by atoms with E-state index in [9.17, 15) is 9.59 Å². The van der Waals surface area contributed by atoms with Gasteiger partial charge in [-0.3, -0.25) is 10.1 Å².